The van der Waals surface area contributed by atoms with Crippen LogP contribution in [0.25, 0.3) is 16.6 Å². The average Bonchev–Trinajstić information content (AvgIpc) is 3.01. The number of hydrogen-bond acceptors (Lipinski definition) is 3. The fourth-order valence-electron chi connectivity index (χ4n) is 5.43. The molecule has 0 aliphatic heterocycles. The molecule has 1 atom stereocenters. The van der Waals surface area contributed by atoms with Gasteiger partial charge in [-0.1, -0.05) is 101 Å². The Morgan fingerprint density at radius 3 is 2.07 bits per heavy atom. The predicted molar refractivity (Wildman–Crippen MR) is 171 cm³/mol. The molecule has 42 heavy (non-hydrogen) atoms. The maximum absolute atomic E-state index is 14.4. The molecule has 1 aromatic heterocycles. The molecule has 0 N–H and O–H groups in total. The van der Waals surface area contributed by atoms with Crippen molar-refractivity contribution in [2.24, 2.45) is 0 Å². The fraction of sp³-hybridized carbons (Fsp3) is 0.270. The third kappa shape index (κ3) is 5.91. The molecule has 1 amide bonds. The largest absolute Gasteiger partial charge is 0.324 e. The van der Waals surface area contributed by atoms with E-state index in [-0.39, 0.29) is 16.9 Å². The van der Waals surface area contributed by atoms with Crippen LogP contribution >= 0.6 is 0 Å². The van der Waals surface area contributed by atoms with E-state index < -0.39 is 6.04 Å². The van der Waals surface area contributed by atoms with Gasteiger partial charge in [-0.25, -0.2) is 4.98 Å². The summed E-state index contributed by atoms with van der Waals surface area (Å²) < 4.78 is 1.70. The van der Waals surface area contributed by atoms with E-state index in [1.165, 1.54) is 11.1 Å². The minimum Gasteiger partial charge on any atom is -0.324 e. The number of amides is 1. The van der Waals surface area contributed by atoms with Gasteiger partial charge in [0.25, 0.3) is 11.5 Å². The zero-order valence-corrected chi connectivity index (χ0v) is 25.2. The van der Waals surface area contributed by atoms with Crippen molar-refractivity contribution in [3.8, 4) is 5.69 Å². The van der Waals surface area contributed by atoms with Crippen LogP contribution in [0.3, 0.4) is 0 Å². The van der Waals surface area contributed by atoms with Crippen LogP contribution in [0.15, 0.2) is 108 Å². The second-order valence-electron chi connectivity index (χ2n) is 11.8. The van der Waals surface area contributed by atoms with Crippen LogP contribution in [0.2, 0.25) is 0 Å². The minimum absolute atomic E-state index is 0.0182. The summed E-state index contributed by atoms with van der Waals surface area (Å²) >= 11 is 0. The van der Waals surface area contributed by atoms with Crippen molar-refractivity contribution in [2.75, 3.05) is 0 Å². The Balaban J connectivity index is 1.69. The first-order valence-electron chi connectivity index (χ1n) is 14.8. The van der Waals surface area contributed by atoms with Crippen molar-refractivity contribution in [1.82, 2.24) is 14.5 Å². The van der Waals surface area contributed by atoms with Crippen molar-refractivity contribution < 1.29 is 4.79 Å². The summed E-state index contributed by atoms with van der Waals surface area (Å²) in [6.07, 6.45) is 1.49. The van der Waals surface area contributed by atoms with E-state index in [1.54, 1.807) is 4.57 Å². The van der Waals surface area contributed by atoms with Gasteiger partial charge in [0.15, 0.2) is 0 Å². The van der Waals surface area contributed by atoms with Gasteiger partial charge < -0.3 is 4.90 Å². The maximum atomic E-state index is 14.4. The van der Waals surface area contributed by atoms with Crippen molar-refractivity contribution in [3.63, 3.8) is 0 Å². The molecule has 5 rings (SSSR count). The van der Waals surface area contributed by atoms with Gasteiger partial charge in [-0.3, -0.25) is 14.2 Å². The summed E-state index contributed by atoms with van der Waals surface area (Å²) in [5, 5.41) is 0.550. The molecule has 5 nitrogen and oxygen atoms in total. The van der Waals surface area contributed by atoms with Crippen molar-refractivity contribution in [1.29, 1.82) is 0 Å². The number of carbonyl (C=O) groups excluding carboxylic acids is 1. The predicted octanol–water partition coefficient (Wildman–Crippen LogP) is 8.04. The molecule has 4 aromatic carbocycles. The summed E-state index contributed by atoms with van der Waals surface area (Å²) in [5.74, 6) is 0.461. The van der Waals surface area contributed by atoms with Gasteiger partial charge in [-0.15, -0.1) is 0 Å². The van der Waals surface area contributed by atoms with Gasteiger partial charge in [0, 0.05) is 12.1 Å². The number of fused-ring (bicyclic) bond motifs is 1. The van der Waals surface area contributed by atoms with Crippen LogP contribution in [0.5, 0.6) is 0 Å². The van der Waals surface area contributed by atoms with Crippen LogP contribution in [0.1, 0.15) is 80.0 Å². The number of benzene rings is 4. The molecule has 0 fully saturated rings. The Bertz CT molecular complexity index is 1730. The number of aryl methyl sites for hydroxylation is 1. The molecular formula is C37H39N3O2. The highest BCUT2D eigenvalue weighted by molar-refractivity contribution is 5.94. The van der Waals surface area contributed by atoms with E-state index >= 15 is 0 Å². The van der Waals surface area contributed by atoms with Crippen LogP contribution < -0.4 is 5.56 Å². The Kier molecular flexibility index (Phi) is 8.39. The lowest BCUT2D eigenvalue weighted by Gasteiger charge is -2.33. The highest BCUT2D eigenvalue weighted by atomic mass is 16.2. The van der Waals surface area contributed by atoms with Crippen LogP contribution in [-0.2, 0) is 18.4 Å². The van der Waals surface area contributed by atoms with Crippen molar-refractivity contribution in [3.05, 3.63) is 142 Å². The Hall–Kier alpha value is -4.51. The number of carbonyl (C=O) groups is 1. The average molecular weight is 558 g/mol. The molecule has 214 valence electrons. The molecule has 0 saturated heterocycles. The summed E-state index contributed by atoms with van der Waals surface area (Å²) in [6.45, 7) is 11.0. The first-order valence-corrected chi connectivity index (χ1v) is 14.8. The topological polar surface area (TPSA) is 55.2 Å². The molecule has 1 unspecified atom stereocenters. The lowest BCUT2D eigenvalue weighted by molar-refractivity contribution is 0.0640. The molecule has 0 bridgehead atoms. The third-order valence-corrected chi connectivity index (χ3v) is 7.92. The van der Waals surface area contributed by atoms with Gasteiger partial charge >= 0.3 is 0 Å². The van der Waals surface area contributed by atoms with Gasteiger partial charge in [0.05, 0.1) is 22.6 Å². The summed E-state index contributed by atoms with van der Waals surface area (Å²) in [4.78, 5) is 35.4. The normalized spacial score (nSPS) is 12.3. The van der Waals surface area contributed by atoms with Gasteiger partial charge in [-0.05, 0) is 71.3 Å². The quantitative estimate of drug-likeness (QED) is 0.194. The highest BCUT2D eigenvalue weighted by Crippen LogP contribution is 2.30. The van der Waals surface area contributed by atoms with E-state index in [0.717, 1.165) is 17.7 Å². The van der Waals surface area contributed by atoms with Crippen molar-refractivity contribution >= 4 is 16.8 Å². The van der Waals surface area contributed by atoms with E-state index in [1.807, 2.05) is 115 Å². The number of hydrogen-bond donors (Lipinski definition) is 0. The Morgan fingerprint density at radius 2 is 1.45 bits per heavy atom. The summed E-state index contributed by atoms with van der Waals surface area (Å²) in [5.41, 5.74) is 5.19. The smallest absolute Gasteiger partial charge is 0.266 e. The number of aromatic nitrogens is 2. The first kappa shape index (κ1) is 29.0. The molecule has 0 radical (unpaired) electrons. The Labute approximate surface area is 248 Å². The van der Waals surface area contributed by atoms with E-state index in [9.17, 15) is 9.59 Å². The van der Waals surface area contributed by atoms with Crippen molar-refractivity contribution in [2.45, 2.75) is 65.5 Å². The lowest BCUT2D eigenvalue weighted by atomic mass is 9.86. The summed E-state index contributed by atoms with van der Waals surface area (Å²) in [6, 6.07) is 32.9. The second-order valence-corrected chi connectivity index (χ2v) is 11.8. The van der Waals surface area contributed by atoms with Gasteiger partial charge in [-0.2, -0.15) is 0 Å². The Morgan fingerprint density at radius 1 is 0.810 bits per heavy atom. The second kappa shape index (κ2) is 12.2. The van der Waals surface area contributed by atoms with Gasteiger partial charge in [0.1, 0.15) is 5.82 Å². The molecule has 0 aliphatic rings. The first-order chi connectivity index (χ1) is 20.2. The van der Waals surface area contributed by atoms with Crippen LogP contribution in [0, 0.1) is 0 Å². The monoisotopic (exact) mass is 557 g/mol. The van der Waals surface area contributed by atoms with E-state index in [2.05, 4.69) is 27.7 Å². The molecule has 5 heteroatoms. The fourth-order valence-corrected chi connectivity index (χ4v) is 5.43. The van der Waals surface area contributed by atoms with Crippen LogP contribution in [0.4, 0.5) is 0 Å². The maximum Gasteiger partial charge on any atom is 0.266 e. The molecule has 0 spiro atoms. The highest BCUT2D eigenvalue weighted by Gasteiger charge is 2.30. The lowest BCUT2D eigenvalue weighted by Crippen LogP contribution is -2.38. The van der Waals surface area contributed by atoms with Crippen LogP contribution in [-0.4, -0.2) is 20.4 Å². The zero-order valence-electron chi connectivity index (χ0n) is 25.2. The number of para-hydroxylation sites is 1. The number of nitrogens with zero attached hydrogens (tertiary/aromatic N) is 3. The molecule has 1 heterocycles. The van der Waals surface area contributed by atoms with E-state index in [0.29, 0.717) is 35.3 Å². The molecule has 0 aliphatic carbocycles. The zero-order chi connectivity index (χ0) is 29.9. The molecule has 0 saturated carbocycles. The molecule has 5 aromatic rings. The van der Waals surface area contributed by atoms with Gasteiger partial charge in [0.2, 0.25) is 0 Å². The van der Waals surface area contributed by atoms with E-state index in [4.69, 9.17) is 4.98 Å². The molecular weight excluding hydrogens is 518 g/mol. The SMILES string of the molecule is CCc1ccc(-n2c(C(CC)N(Cc3ccccc3)C(=O)c3ccc(C(C)(C)C)cc3)nc3ccccc3c2=O)cc1. The minimum atomic E-state index is -0.455. The number of rotatable bonds is 8. The standard InChI is InChI=1S/C37H39N3O2/c1-6-26-17-23-30(24-18-26)40-34(38-32-16-12-11-15-31(32)36(40)42)33(7-2)39(25-27-13-9-8-10-14-27)35(41)28-19-21-29(22-20-28)37(3,4)5/h8-24,33H,6-7,25H2,1-5H3. The third-order valence-electron chi connectivity index (χ3n) is 7.92. The summed E-state index contributed by atoms with van der Waals surface area (Å²) in [7, 11) is 0.